The highest BCUT2D eigenvalue weighted by Crippen LogP contribution is 2.25. The van der Waals surface area contributed by atoms with E-state index >= 15 is 0 Å². The maximum absolute atomic E-state index is 13.2. The smallest absolute Gasteiger partial charge is 0.242 e. The lowest BCUT2D eigenvalue weighted by molar-refractivity contribution is -0.139. The van der Waals surface area contributed by atoms with E-state index in [1.54, 1.807) is 35.7 Å². The van der Waals surface area contributed by atoms with Crippen molar-refractivity contribution < 1.29 is 9.59 Å². The van der Waals surface area contributed by atoms with Gasteiger partial charge in [0.05, 0.1) is 15.8 Å². The minimum Gasteiger partial charge on any atom is -0.352 e. The van der Waals surface area contributed by atoms with Crippen molar-refractivity contribution in [2.24, 2.45) is 0 Å². The number of rotatable bonds is 9. The van der Waals surface area contributed by atoms with Crippen molar-refractivity contribution in [2.75, 3.05) is 5.75 Å². The van der Waals surface area contributed by atoms with Crippen molar-refractivity contribution in [1.29, 1.82) is 0 Å². The number of carbonyl (C=O) groups excluding carboxylic acids is 2. The molecule has 1 N–H and O–H groups in total. The Morgan fingerprint density at radius 2 is 1.73 bits per heavy atom. The Morgan fingerprint density at radius 1 is 1.06 bits per heavy atom. The number of halogens is 3. The molecule has 0 radical (unpaired) electrons. The van der Waals surface area contributed by atoms with E-state index < -0.39 is 6.04 Å². The minimum atomic E-state index is -0.581. The monoisotopic (exact) mass is 570 g/mol. The lowest BCUT2D eigenvalue weighted by atomic mass is 9.95. The van der Waals surface area contributed by atoms with Crippen molar-refractivity contribution in [3.05, 3.63) is 68.1 Å². The average molecular weight is 572 g/mol. The summed E-state index contributed by atoms with van der Waals surface area (Å²) in [6.45, 7) is 2.10. The zero-order valence-corrected chi connectivity index (χ0v) is 22.6. The van der Waals surface area contributed by atoms with Crippen LogP contribution in [0.4, 0.5) is 0 Å². The molecule has 1 unspecified atom stereocenters. The fraction of sp³-hybridized carbons (Fsp3) is 0.440. The highest BCUT2D eigenvalue weighted by Gasteiger charge is 2.28. The molecule has 1 fully saturated rings. The summed E-state index contributed by atoms with van der Waals surface area (Å²) in [5.41, 5.74) is 1.99. The lowest BCUT2D eigenvalue weighted by Gasteiger charge is -2.31. The normalized spacial score (nSPS) is 15.2. The van der Waals surface area contributed by atoms with Gasteiger partial charge in [0.2, 0.25) is 11.8 Å². The topological polar surface area (TPSA) is 49.4 Å². The van der Waals surface area contributed by atoms with Crippen LogP contribution in [0.5, 0.6) is 0 Å². The molecule has 1 aliphatic carbocycles. The largest absolute Gasteiger partial charge is 0.352 e. The predicted molar refractivity (Wildman–Crippen MR) is 142 cm³/mol. The van der Waals surface area contributed by atoms with Gasteiger partial charge in [-0.05, 0) is 55.2 Å². The van der Waals surface area contributed by atoms with Gasteiger partial charge >= 0.3 is 0 Å². The van der Waals surface area contributed by atoms with E-state index in [9.17, 15) is 9.59 Å². The molecule has 0 aromatic heterocycles. The van der Waals surface area contributed by atoms with Crippen LogP contribution in [0.2, 0.25) is 10.0 Å². The summed E-state index contributed by atoms with van der Waals surface area (Å²) in [5.74, 6) is 0.837. The minimum absolute atomic E-state index is 0.0746. The molecule has 33 heavy (non-hydrogen) atoms. The second kappa shape index (κ2) is 13.0. The van der Waals surface area contributed by atoms with Crippen LogP contribution in [-0.4, -0.2) is 34.6 Å². The van der Waals surface area contributed by atoms with Gasteiger partial charge in [0.1, 0.15) is 6.04 Å². The van der Waals surface area contributed by atoms with Crippen molar-refractivity contribution >= 4 is 62.7 Å². The van der Waals surface area contributed by atoms with Gasteiger partial charge in [-0.1, -0.05) is 76.6 Å². The molecule has 1 atom stereocenters. The molecule has 178 valence electrons. The maximum Gasteiger partial charge on any atom is 0.242 e. The fourth-order valence-corrected chi connectivity index (χ4v) is 5.36. The molecule has 0 heterocycles. The molecule has 2 aromatic rings. The predicted octanol–water partition coefficient (Wildman–Crippen LogP) is 6.86. The van der Waals surface area contributed by atoms with Gasteiger partial charge in [0.25, 0.3) is 0 Å². The third kappa shape index (κ3) is 8.20. The van der Waals surface area contributed by atoms with Crippen LogP contribution in [0.1, 0.15) is 50.2 Å². The Morgan fingerprint density at radius 3 is 2.39 bits per heavy atom. The molecule has 3 rings (SSSR count). The Labute approximate surface area is 218 Å². The number of amides is 2. The first kappa shape index (κ1) is 26.4. The molecule has 2 amide bonds. The average Bonchev–Trinajstić information content (AvgIpc) is 2.81. The van der Waals surface area contributed by atoms with Crippen molar-refractivity contribution in [3.8, 4) is 0 Å². The van der Waals surface area contributed by atoms with Crippen LogP contribution in [0.25, 0.3) is 0 Å². The summed E-state index contributed by atoms with van der Waals surface area (Å²) in [6, 6.07) is 13.0. The zero-order chi connectivity index (χ0) is 23.8. The van der Waals surface area contributed by atoms with E-state index in [1.807, 2.05) is 30.3 Å². The molecule has 0 saturated heterocycles. The van der Waals surface area contributed by atoms with Gasteiger partial charge in [-0.2, -0.15) is 0 Å². The molecule has 2 aromatic carbocycles. The molecule has 0 bridgehead atoms. The van der Waals surface area contributed by atoms with Gasteiger partial charge in [0, 0.05) is 22.8 Å². The summed E-state index contributed by atoms with van der Waals surface area (Å²) >= 11 is 17.2. The van der Waals surface area contributed by atoms with E-state index in [4.69, 9.17) is 23.2 Å². The van der Waals surface area contributed by atoms with E-state index in [0.29, 0.717) is 22.3 Å². The quantitative estimate of drug-likeness (QED) is 0.358. The SMILES string of the molecule is CC(C(=O)NC1CCCCC1)N(Cc1ccc(Cl)c(Cl)c1)C(=O)CSCc1ccc(Br)cc1. The van der Waals surface area contributed by atoms with E-state index in [1.165, 1.54) is 6.42 Å². The van der Waals surface area contributed by atoms with Gasteiger partial charge in [-0.25, -0.2) is 0 Å². The Bertz CT molecular complexity index is 952. The van der Waals surface area contributed by atoms with Crippen LogP contribution >= 0.6 is 50.9 Å². The Balaban J connectivity index is 1.67. The van der Waals surface area contributed by atoms with E-state index in [2.05, 4.69) is 21.2 Å². The van der Waals surface area contributed by atoms with Gasteiger partial charge in [0.15, 0.2) is 0 Å². The number of thioether (sulfide) groups is 1. The molecular weight excluding hydrogens is 543 g/mol. The van der Waals surface area contributed by atoms with Crippen molar-refractivity contribution in [2.45, 2.75) is 63.4 Å². The van der Waals surface area contributed by atoms with Crippen LogP contribution < -0.4 is 5.32 Å². The first-order valence-corrected chi connectivity index (χ1v) is 13.9. The summed E-state index contributed by atoms with van der Waals surface area (Å²) in [7, 11) is 0. The van der Waals surface area contributed by atoms with Crippen molar-refractivity contribution in [1.82, 2.24) is 10.2 Å². The molecule has 0 spiro atoms. The van der Waals surface area contributed by atoms with Gasteiger partial charge in [-0.15, -0.1) is 11.8 Å². The summed E-state index contributed by atoms with van der Waals surface area (Å²) in [4.78, 5) is 27.9. The van der Waals surface area contributed by atoms with Crippen LogP contribution in [-0.2, 0) is 21.9 Å². The Hall–Kier alpha value is -1.21. The zero-order valence-electron chi connectivity index (χ0n) is 18.7. The van der Waals surface area contributed by atoms with Crippen LogP contribution in [0.3, 0.4) is 0 Å². The standard InChI is InChI=1S/C25H29BrCl2N2O2S/c1-17(25(32)29-21-5-3-2-4-6-21)30(14-19-9-12-22(27)23(28)13-19)24(31)16-33-15-18-7-10-20(26)11-8-18/h7-13,17,21H,2-6,14-16H2,1H3,(H,29,32). The lowest BCUT2D eigenvalue weighted by Crippen LogP contribution is -2.50. The second-order valence-corrected chi connectivity index (χ2v) is 11.1. The number of nitrogens with zero attached hydrogens (tertiary/aromatic N) is 1. The Kier molecular flexibility index (Phi) is 10.4. The van der Waals surface area contributed by atoms with Crippen molar-refractivity contribution in [3.63, 3.8) is 0 Å². The first-order valence-electron chi connectivity index (χ1n) is 11.2. The number of hydrogen-bond acceptors (Lipinski definition) is 3. The summed E-state index contributed by atoms with van der Waals surface area (Å²) < 4.78 is 1.03. The van der Waals surface area contributed by atoms with E-state index in [-0.39, 0.29) is 17.9 Å². The first-order chi connectivity index (χ1) is 15.8. The number of carbonyl (C=O) groups is 2. The molecule has 8 heteroatoms. The van der Waals surface area contributed by atoms with Crippen LogP contribution in [0.15, 0.2) is 46.9 Å². The number of nitrogens with one attached hydrogen (secondary N) is 1. The van der Waals surface area contributed by atoms with E-state index in [0.717, 1.165) is 47.0 Å². The highest BCUT2D eigenvalue weighted by atomic mass is 79.9. The van der Waals surface area contributed by atoms with Gasteiger partial charge < -0.3 is 10.2 Å². The molecule has 1 aliphatic rings. The highest BCUT2D eigenvalue weighted by molar-refractivity contribution is 9.10. The van der Waals surface area contributed by atoms with Gasteiger partial charge in [-0.3, -0.25) is 9.59 Å². The number of benzene rings is 2. The maximum atomic E-state index is 13.2. The fourth-order valence-electron chi connectivity index (χ4n) is 3.91. The number of hydrogen-bond donors (Lipinski definition) is 1. The summed E-state index contributed by atoms with van der Waals surface area (Å²) in [6.07, 6.45) is 5.50. The third-order valence-corrected chi connectivity index (χ3v) is 8.12. The second-order valence-electron chi connectivity index (χ2n) is 8.41. The third-order valence-electron chi connectivity index (χ3n) is 5.86. The molecule has 1 saturated carbocycles. The molecule has 0 aliphatic heterocycles. The molecular formula is C25H29BrCl2N2O2S. The van der Waals surface area contributed by atoms with Crippen LogP contribution in [0, 0.1) is 0 Å². The molecule has 4 nitrogen and oxygen atoms in total. The summed E-state index contributed by atoms with van der Waals surface area (Å²) in [5, 5.41) is 4.06.